The number of rotatable bonds is 11. The number of anilines is 2. The number of nitro benzene ring substituents is 1. The molecule has 3 amide bonds. The maximum absolute atomic E-state index is 13.5. The van der Waals surface area contributed by atoms with Crippen molar-refractivity contribution in [3.8, 4) is 0 Å². The van der Waals surface area contributed by atoms with E-state index in [0.717, 1.165) is 21.7 Å². The lowest BCUT2D eigenvalue weighted by atomic mass is 10.1. The minimum atomic E-state index is -0.588. The highest BCUT2D eigenvalue weighted by Crippen LogP contribution is 2.30. The summed E-state index contributed by atoms with van der Waals surface area (Å²) in [6, 6.07) is 27.0. The highest BCUT2D eigenvalue weighted by Gasteiger charge is 2.20. The summed E-state index contributed by atoms with van der Waals surface area (Å²) in [4.78, 5) is 50.9. The Hall–Kier alpha value is -5.22. The quantitative estimate of drug-likeness (QED) is 0.0719. The van der Waals surface area contributed by atoms with E-state index in [2.05, 4.69) is 16.0 Å². The Labute approximate surface area is 259 Å². The molecule has 0 saturated heterocycles. The fourth-order valence-corrected chi connectivity index (χ4v) is 5.36. The van der Waals surface area contributed by atoms with Gasteiger partial charge in [0.05, 0.1) is 10.2 Å². The molecular weight excluding hydrogens is 576 g/mol. The van der Waals surface area contributed by atoms with Crippen LogP contribution in [0, 0.1) is 24.0 Å². The normalized spacial score (nSPS) is 11.8. The average molecular weight is 609 g/mol. The third kappa shape index (κ3) is 8.42. The predicted molar refractivity (Wildman–Crippen MR) is 175 cm³/mol. The van der Waals surface area contributed by atoms with Gasteiger partial charge in [0.25, 0.3) is 17.5 Å². The number of hydrogen-bond acceptors (Lipinski definition) is 6. The summed E-state index contributed by atoms with van der Waals surface area (Å²) < 4.78 is 0. The number of carbonyl (C=O) groups is 3. The second-order valence-corrected chi connectivity index (χ2v) is 11.3. The van der Waals surface area contributed by atoms with Gasteiger partial charge in [0.1, 0.15) is 5.70 Å². The molecular formula is C34H32N4O5S. The van der Waals surface area contributed by atoms with Gasteiger partial charge in [0.2, 0.25) is 5.91 Å². The number of nitrogens with zero attached hydrogens (tertiary/aromatic N) is 1. The van der Waals surface area contributed by atoms with Crippen LogP contribution in [0.1, 0.15) is 40.4 Å². The monoisotopic (exact) mass is 608 g/mol. The van der Waals surface area contributed by atoms with E-state index in [9.17, 15) is 24.5 Å². The number of nitro groups is 1. The Kier molecular flexibility index (Phi) is 10.7. The number of thioether (sulfide) groups is 1. The first kappa shape index (κ1) is 31.7. The van der Waals surface area contributed by atoms with Gasteiger partial charge in [0, 0.05) is 34.0 Å². The van der Waals surface area contributed by atoms with Crippen LogP contribution in [0.3, 0.4) is 0 Å². The summed E-state index contributed by atoms with van der Waals surface area (Å²) in [6.07, 6.45) is 2.04. The van der Waals surface area contributed by atoms with E-state index in [1.165, 1.54) is 42.1 Å². The lowest BCUT2D eigenvalue weighted by molar-refractivity contribution is -0.384. The molecule has 1 atom stereocenters. The molecule has 4 aromatic carbocycles. The van der Waals surface area contributed by atoms with Crippen molar-refractivity contribution in [3.05, 3.63) is 135 Å². The number of amides is 3. The zero-order valence-corrected chi connectivity index (χ0v) is 25.3. The van der Waals surface area contributed by atoms with Crippen molar-refractivity contribution in [1.82, 2.24) is 5.32 Å². The summed E-state index contributed by atoms with van der Waals surface area (Å²) in [5, 5.41) is 19.2. The highest BCUT2D eigenvalue weighted by atomic mass is 32.2. The zero-order valence-electron chi connectivity index (χ0n) is 24.5. The van der Waals surface area contributed by atoms with E-state index in [0.29, 0.717) is 23.2 Å². The van der Waals surface area contributed by atoms with Crippen LogP contribution in [0.5, 0.6) is 0 Å². The number of hydrogen-bond donors (Lipinski definition) is 3. The molecule has 9 nitrogen and oxygen atoms in total. The molecule has 44 heavy (non-hydrogen) atoms. The fourth-order valence-electron chi connectivity index (χ4n) is 4.35. The molecule has 0 aromatic heterocycles. The van der Waals surface area contributed by atoms with Crippen LogP contribution in [0.2, 0.25) is 0 Å². The Morgan fingerprint density at radius 1 is 0.864 bits per heavy atom. The van der Waals surface area contributed by atoms with Crippen molar-refractivity contribution in [2.45, 2.75) is 37.3 Å². The third-order valence-electron chi connectivity index (χ3n) is 6.71. The van der Waals surface area contributed by atoms with Crippen LogP contribution < -0.4 is 16.0 Å². The smallest absolute Gasteiger partial charge is 0.272 e. The van der Waals surface area contributed by atoms with Crippen LogP contribution in [0.15, 0.2) is 108 Å². The third-order valence-corrected chi connectivity index (χ3v) is 8.06. The van der Waals surface area contributed by atoms with Crippen molar-refractivity contribution < 1.29 is 19.3 Å². The van der Waals surface area contributed by atoms with Crippen molar-refractivity contribution >= 4 is 52.6 Å². The molecule has 0 saturated carbocycles. The summed E-state index contributed by atoms with van der Waals surface area (Å²) >= 11 is 1.39. The van der Waals surface area contributed by atoms with E-state index in [1.54, 1.807) is 48.5 Å². The maximum Gasteiger partial charge on any atom is 0.272 e. The van der Waals surface area contributed by atoms with Crippen LogP contribution in [-0.4, -0.2) is 27.9 Å². The van der Waals surface area contributed by atoms with Gasteiger partial charge < -0.3 is 16.0 Å². The van der Waals surface area contributed by atoms with Gasteiger partial charge in [-0.2, -0.15) is 0 Å². The Balaban J connectivity index is 1.52. The van der Waals surface area contributed by atoms with E-state index in [4.69, 9.17) is 0 Å². The second kappa shape index (κ2) is 14.8. The zero-order chi connectivity index (χ0) is 31.6. The van der Waals surface area contributed by atoms with E-state index >= 15 is 0 Å². The molecule has 0 fully saturated rings. The predicted octanol–water partition coefficient (Wildman–Crippen LogP) is 7.13. The molecule has 224 valence electrons. The van der Waals surface area contributed by atoms with Gasteiger partial charge in [-0.05, 0) is 85.5 Å². The largest absolute Gasteiger partial charge is 0.325 e. The molecule has 0 aliphatic carbocycles. The first-order chi connectivity index (χ1) is 21.1. The number of benzene rings is 4. The van der Waals surface area contributed by atoms with Gasteiger partial charge in [-0.15, -0.1) is 11.8 Å². The summed E-state index contributed by atoms with van der Waals surface area (Å²) in [5.41, 5.74) is 3.95. The van der Waals surface area contributed by atoms with Gasteiger partial charge >= 0.3 is 0 Å². The number of para-hydroxylation sites is 1. The summed E-state index contributed by atoms with van der Waals surface area (Å²) in [6.45, 7) is 5.85. The number of non-ortho nitro benzene ring substituents is 1. The molecule has 0 heterocycles. The molecule has 0 aliphatic heterocycles. The maximum atomic E-state index is 13.5. The minimum Gasteiger partial charge on any atom is -0.325 e. The first-order valence-electron chi connectivity index (χ1n) is 13.9. The second-order valence-electron chi connectivity index (χ2n) is 9.98. The summed E-state index contributed by atoms with van der Waals surface area (Å²) in [5.74, 6) is -1.19. The van der Waals surface area contributed by atoms with Crippen LogP contribution in [0.4, 0.5) is 17.1 Å². The molecule has 0 radical (unpaired) electrons. The minimum absolute atomic E-state index is 0.0508. The van der Waals surface area contributed by atoms with Gasteiger partial charge in [0.15, 0.2) is 0 Å². The molecule has 3 N–H and O–H groups in total. The Bertz CT molecular complexity index is 1680. The molecule has 4 aromatic rings. The van der Waals surface area contributed by atoms with E-state index in [1.807, 2.05) is 45.0 Å². The standard InChI is InChI=1S/C34H32N4O5S/c1-4-30(34(41)37-31-22(2)10-8-11-23(31)3)44-28-15-9-14-26(21-28)35-33(40)29(36-32(39)25-12-6-5-7-13-25)20-24-16-18-27(19-17-24)38(42)43/h5-21,30H,4H2,1-3H3,(H,35,40)(H,36,39)(H,37,41)/b29-20+. The first-order valence-corrected chi connectivity index (χ1v) is 14.8. The molecule has 10 heteroatoms. The highest BCUT2D eigenvalue weighted by molar-refractivity contribution is 8.00. The van der Waals surface area contributed by atoms with Gasteiger partial charge in [-0.1, -0.05) is 49.4 Å². The number of carbonyl (C=O) groups excluding carboxylic acids is 3. The van der Waals surface area contributed by atoms with Gasteiger partial charge in [-0.25, -0.2) is 0 Å². The van der Waals surface area contributed by atoms with Crippen LogP contribution in [-0.2, 0) is 9.59 Å². The Morgan fingerprint density at radius 3 is 2.16 bits per heavy atom. The van der Waals surface area contributed by atoms with Crippen molar-refractivity contribution in [2.75, 3.05) is 10.6 Å². The average Bonchev–Trinajstić information content (AvgIpc) is 3.02. The van der Waals surface area contributed by atoms with Crippen molar-refractivity contribution in [3.63, 3.8) is 0 Å². The topological polar surface area (TPSA) is 130 Å². The SMILES string of the molecule is CCC(Sc1cccc(NC(=O)/C(=C\c2ccc([N+](=O)[O-])cc2)NC(=O)c2ccccc2)c1)C(=O)Nc1c(C)cccc1C. The molecule has 0 bridgehead atoms. The molecule has 0 spiro atoms. The van der Waals surface area contributed by atoms with Crippen LogP contribution in [0.25, 0.3) is 6.08 Å². The van der Waals surface area contributed by atoms with Crippen molar-refractivity contribution in [1.29, 1.82) is 0 Å². The molecule has 1 unspecified atom stereocenters. The Morgan fingerprint density at radius 2 is 1.52 bits per heavy atom. The number of aryl methyl sites for hydroxylation is 2. The van der Waals surface area contributed by atoms with Crippen LogP contribution >= 0.6 is 11.8 Å². The fraction of sp³-hybridized carbons (Fsp3) is 0.147. The molecule has 4 rings (SSSR count). The lowest BCUT2D eigenvalue weighted by Crippen LogP contribution is -2.30. The van der Waals surface area contributed by atoms with E-state index < -0.39 is 16.7 Å². The summed E-state index contributed by atoms with van der Waals surface area (Å²) in [7, 11) is 0. The van der Waals surface area contributed by atoms with Gasteiger partial charge in [-0.3, -0.25) is 24.5 Å². The lowest BCUT2D eigenvalue weighted by Gasteiger charge is -2.18. The molecule has 0 aliphatic rings. The van der Waals surface area contributed by atoms with Crippen molar-refractivity contribution in [2.24, 2.45) is 0 Å². The van der Waals surface area contributed by atoms with E-state index in [-0.39, 0.29) is 22.5 Å². The number of nitrogens with one attached hydrogen (secondary N) is 3.